The molecule has 0 aliphatic heterocycles. The number of carbonyl (C=O) groups excluding carboxylic acids is 1. The molecular formula is C14H12BrNO2. The summed E-state index contributed by atoms with van der Waals surface area (Å²) in [7, 11) is 0. The summed E-state index contributed by atoms with van der Waals surface area (Å²) in [5.41, 5.74) is 6.58. The van der Waals surface area contributed by atoms with Crippen LogP contribution in [0, 0.1) is 0 Å². The first-order valence-corrected chi connectivity index (χ1v) is 6.22. The number of carbonyl (C=O) groups is 1. The van der Waals surface area contributed by atoms with Gasteiger partial charge >= 0.3 is 0 Å². The molecule has 0 aliphatic rings. The van der Waals surface area contributed by atoms with E-state index >= 15 is 0 Å². The second-order valence-corrected chi connectivity index (χ2v) is 4.68. The van der Waals surface area contributed by atoms with Crippen LogP contribution in [0.2, 0.25) is 0 Å². The van der Waals surface area contributed by atoms with Crippen molar-refractivity contribution in [2.45, 2.75) is 6.61 Å². The Morgan fingerprint density at radius 2 is 1.78 bits per heavy atom. The van der Waals surface area contributed by atoms with E-state index in [9.17, 15) is 4.79 Å². The molecule has 18 heavy (non-hydrogen) atoms. The number of halogens is 1. The summed E-state index contributed by atoms with van der Waals surface area (Å²) < 4.78 is 6.60. The van der Waals surface area contributed by atoms with Gasteiger partial charge in [0.1, 0.15) is 12.4 Å². The van der Waals surface area contributed by atoms with Crippen molar-refractivity contribution >= 4 is 21.8 Å². The maximum atomic E-state index is 11.2. The summed E-state index contributed by atoms with van der Waals surface area (Å²) in [6.45, 7) is 0.320. The Kier molecular flexibility index (Phi) is 3.99. The molecule has 2 aromatic rings. The highest BCUT2D eigenvalue weighted by Gasteiger charge is 2.07. The van der Waals surface area contributed by atoms with Gasteiger partial charge in [-0.05, 0) is 30.3 Å². The summed E-state index contributed by atoms with van der Waals surface area (Å²) in [6.07, 6.45) is 0. The normalized spacial score (nSPS) is 10.1. The molecule has 92 valence electrons. The zero-order valence-corrected chi connectivity index (χ0v) is 11.2. The predicted octanol–water partition coefficient (Wildman–Crippen LogP) is 3.13. The average Bonchev–Trinajstić information content (AvgIpc) is 2.38. The van der Waals surface area contributed by atoms with Crippen molar-refractivity contribution in [1.29, 1.82) is 0 Å². The number of primary amides is 1. The Hall–Kier alpha value is -1.81. The summed E-state index contributed by atoms with van der Waals surface area (Å²) in [5, 5.41) is 0. The van der Waals surface area contributed by atoms with Crippen LogP contribution >= 0.6 is 15.9 Å². The lowest BCUT2D eigenvalue weighted by atomic mass is 10.1. The number of benzene rings is 2. The van der Waals surface area contributed by atoms with Gasteiger partial charge in [-0.1, -0.05) is 34.1 Å². The van der Waals surface area contributed by atoms with Crippen molar-refractivity contribution in [1.82, 2.24) is 0 Å². The SMILES string of the molecule is NC(=O)c1ccccc1COc1ccc(Br)cc1. The number of ether oxygens (including phenoxy) is 1. The van der Waals surface area contributed by atoms with Gasteiger partial charge in [0, 0.05) is 15.6 Å². The smallest absolute Gasteiger partial charge is 0.249 e. The van der Waals surface area contributed by atoms with E-state index in [0.717, 1.165) is 15.8 Å². The molecule has 1 amide bonds. The van der Waals surface area contributed by atoms with Gasteiger partial charge in [0.25, 0.3) is 0 Å². The average molecular weight is 306 g/mol. The fraction of sp³-hybridized carbons (Fsp3) is 0.0714. The van der Waals surface area contributed by atoms with Gasteiger partial charge < -0.3 is 10.5 Å². The van der Waals surface area contributed by atoms with Crippen molar-refractivity contribution in [2.24, 2.45) is 5.73 Å². The van der Waals surface area contributed by atoms with Gasteiger partial charge in [0.05, 0.1) is 0 Å². The Balaban J connectivity index is 2.10. The maximum Gasteiger partial charge on any atom is 0.249 e. The van der Waals surface area contributed by atoms with Gasteiger partial charge in [0.2, 0.25) is 5.91 Å². The largest absolute Gasteiger partial charge is 0.489 e. The second-order valence-electron chi connectivity index (χ2n) is 3.76. The van der Waals surface area contributed by atoms with E-state index in [1.54, 1.807) is 12.1 Å². The number of nitrogens with two attached hydrogens (primary N) is 1. The van der Waals surface area contributed by atoms with Gasteiger partial charge in [0.15, 0.2) is 0 Å². The van der Waals surface area contributed by atoms with E-state index in [-0.39, 0.29) is 0 Å². The molecule has 2 aromatic carbocycles. The zero-order chi connectivity index (χ0) is 13.0. The van der Waals surface area contributed by atoms with E-state index in [1.807, 2.05) is 36.4 Å². The minimum Gasteiger partial charge on any atom is -0.489 e. The summed E-state index contributed by atoms with van der Waals surface area (Å²) in [5.74, 6) is 0.308. The Morgan fingerprint density at radius 3 is 2.44 bits per heavy atom. The molecule has 0 spiro atoms. The third kappa shape index (κ3) is 3.11. The van der Waals surface area contributed by atoms with Gasteiger partial charge in [-0.25, -0.2) is 0 Å². The highest BCUT2D eigenvalue weighted by atomic mass is 79.9. The molecule has 0 radical (unpaired) electrons. The Morgan fingerprint density at radius 1 is 1.11 bits per heavy atom. The first-order valence-electron chi connectivity index (χ1n) is 5.43. The molecular weight excluding hydrogens is 294 g/mol. The third-order valence-corrected chi connectivity index (χ3v) is 3.02. The fourth-order valence-corrected chi connectivity index (χ4v) is 1.84. The standard InChI is InChI=1S/C14H12BrNO2/c15-11-5-7-12(8-6-11)18-9-10-3-1-2-4-13(10)14(16)17/h1-8H,9H2,(H2,16,17). The monoisotopic (exact) mass is 305 g/mol. The molecule has 4 heteroatoms. The topological polar surface area (TPSA) is 52.3 Å². The molecule has 0 aromatic heterocycles. The molecule has 2 N–H and O–H groups in total. The van der Waals surface area contributed by atoms with Gasteiger partial charge in [-0.15, -0.1) is 0 Å². The van der Waals surface area contributed by atoms with Crippen LogP contribution in [0.25, 0.3) is 0 Å². The first kappa shape index (κ1) is 12.6. The van der Waals surface area contributed by atoms with E-state index in [0.29, 0.717) is 12.2 Å². The lowest BCUT2D eigenvalue weighted by molar-refractivity contribution is 0.0998. The summed E-state index contributed by atoms with van der Waals surface area (Å²) >= 11 is 3.36. The van der Waals surface area contributed by atoms with Crippen LogP contribution in [0.3, 0.4) is 0 Å². The molecule has 0 unspecified atom stereocenters. The molecule has 0 heterocycles. The predicted molar refractivity (Wildman–Crippen MR) is 73.4 cm³/mol. The third-order valence-electron chi connectivity index (χ3n) is 2.49. The number of amides is 1. The molecule has 0 atom stereocenters. The molecule has 3 nitrogen and oxygen atoms in total. The molecule has 0 saturated carbocycles. The van der Waals surface area contributed by atoms with E-state index in [1.165, 1.54) is 0 Å². The molecule has 0 fully saturated rings. The highest BCUT2D eigenvalue weighted by Crippen LogP contribution is 2.18. The lowest BCUT2D eigenvalue weighted by Gasteiger charge is -2.09. The van der Waals surface area contributed by atoms with Crippen LogP contribution in [0.4, 0.5) is 0 Å². The van der Waals surface area contributed by atoms with Crippen LogP contribution in [-0.2, 0) is 6.61 Å². The molecule has 2 rings (SSSR count). The number of hydrogen-bond donors (Lipinski definition) is 1. The van der Waals surface area contributed by atoms with Crippen molar-refractivity contribution in [3.05, 3.63) is 64.1 Å². The zero-order valence-electron chi connectivity index (χ0n) is 9.60. The minimum absolute atomic E-state index is 0.320. The van der Waals surface area contributed by atoms with Crippen molar-refractivity contribution in [2.75, 3.05) is 0 Å². The van der Waals surface area contributed by atoms with Gasteiger partial charge in [-0.2, -0.15) is 0 Å². The van der Waals surface area contributed by atoms with Crippen LogP contribution < -0.4 is 10.5 Å². The fourth-order valence-electron chi connectivity index (χ4n) is 1.58. The van der Waals surface area contributed by atoms with E-state index in [2.05, 4.69) is 15.9 Å². The molecule has 0 aliphatic carbocycles. The summed E-state index contributed by atoms with van der Waals surface area (Å²) in [6, 6.07) is 14.7. The minimum atomic E-state index is -0.440. The first-order chi connectivity index (χ1) is 8.66. The molecule has 0 saturated heterocycles. The highest BCUT2D eigenvalue weighted by molar-refractivity contribution is 9.10. The van der Waals surface area contributed by atoms with Crippen molar-refractivity contribution in [3.8, 4) is 5.75 Å². The van der Waals surface area contributed by atoms with Crippen LogP contribution in [0.1, 0.15) is 15.9 Å². The van der Waals surface area contributed by atoms with Crippen LogP contribution in [-0.4, -0.2) is 5.91 Å². The maximum absolute atomic E-state index is 11.2. The number of rotatable bonds is 4. The number of hydrogen-bond acceptors (Lipinski definition) is 2. The second kappa shape index (κ2) is 5.69. The van der Waals surface area contributed by atoms with Crippen molar-refractivity contribution in [3.63, 3.8) is 0 Å². The van der Waals surface area contributed by atoms with E-state index in [4.69, 9.17) is 10.5 Å². The quantitative estimate of drug-likeness (QED) is 0.943. The van der Waals surface area contributed by atoms with Crippen LogP contribution in [0.5, 0.6) is 5.75 Å². The Labute approximate surface area is 114 Å². The van der Waals surface area contributed by atoms with Crippen molar-refractivity contribution < 1.29 is 9.53 Å². The Bertz CT molecular complexity index is 552. The van der Waals surface area contributed by atoms with E-state index < -0.39 is 5.91 Å². The summed E-state index contributed by atoms with van der Waals surface area (Å²) in [4.78, 5) is 11.2. The van der Waals surface area contributed by atoms with Crippen LogP contribution in [0.15, 0.2) is 53.0 Å². The van der Waals surface area contributed by atoms with Gasteiger partial charge in [-0.3, -0.25) is 4.79 Å². The molecule has 0 bridgehead atoms. The lowest BCUT2D eigenvalue weighted by Crippen LogP contribution is -2.14.